The number of halogens is 2. The number of hydrogen-bond donors (Lipinski definition) is 1. The third-order valence-corrected chi connectivity index (χ3v) is 2.41. The first-order chi connectivity index (χ1) is 6.53. The minimum atomic E-state index is -2.62. The van der Waals surface area contributed by atoms with Gasteiger partial charge in [-0.3, -0.25) is 4.90 Å². The summed E-state index contributed by atoms with van der Waals surface area (Å²) in [6.45, 7) is 3.07. The molecule has 0 atom stereocenters. The molecular weight excluding hydrogens is 186 g/mol. The molecule has 0 aromatic carbocycles. The van der Waals surface area contributed by atoms with Crippen molar-refractivity contribution in [3.8, 4) is 0 Å². The second kappa shape index (κ2) is 4.84. The van der Waals surface area contributed by atoms with Crippen molar-refractivity contribution < 1.29 is 8.78 Å². The zero-order chi connectivity index (χ0) is 10.6. The summed E-state index contributed by atoms with van der Waals surface area (Å²) < 4.78 is 26.4. The van der Waals surface area contributed by atoms with Crippen LogP contribution >= 0.6 is 0 Å². The second-order valence-corrected chi connectivity index (χ2v) is 3.92. The highest BCUT2D eigenvalue weighted by molar-refractivity contribution is 5.04. The molecule has 1 N–H and O–H groups in total. The summed E-state index contributed by atoms with van der Waals surface area (Å²) in [5.41, 5.74) is 1.30. The van der Waals surface area contributed by atoms with Crippen molar-refractivity contribution in [2.24, 2.45) is 0 Å². The molecule has 0 saturated carbocycles. The van der Waals surface area contributed by atoms with E-state index in [9.17, 15) is 8.78 Å². The van der Waals surface area contributed by atoms with E-state index < -0.39 is 5.92 Å². The molecule has 0 unspecified atom stereocenters. The number of rotatable bonds is 4. The molecule has 0 amide bonds. The Kier molecular flexibility index (Phi) is 4.01. The van der Waals surface area contributed by atoms with Crippen LogP contribution < -0.4 is 5.32 Å². The van der Waals surface area contributed by atoms with Crippen molar-refractivity contribution in [2.45, 2.75) is 19.3 Å². The molecular formula is C10H18F2N2. The minimum Gasteiger partial charge on any atom is -0.314 e. The molecule has 0 saturated heterocycles. The summed E-state index contributed by atoms with van der Waals surface area (Å²) in [4.78, 5) is 1.80. The number of nitrogens with one attached hydrogen (secondary N) is 1. The minimum absolute atomic E-state index is 0.141. The topological polar surface area (TPSA) is 15.3 Å². The van der Waals surface area contributed by atoms with Crippen LogP contribution in [0.5, 0.6) is 0 Å². The van der Waals surface area contributed by atoms with Crippen LogP contribution in [-0.2, 0) is 0 Å². The van der Waals surface area contributed by atoms with Crippen molar-refractivity contribution in [1.29, 1.82) is 0 Å². The van der Waals surface area contributed by atoms with Crippen LogP contribution in [0, 0.1) is 0 Å². The monoisotopic (exact) mass is 204 g/mol. The Morgan fingerprint density at radius 2 is 2.29 bits per heavy atom. The molecule has 0 aliphatic carbocycles. The van der Waals surface area contributed by atoms with Crippen LogP contribution in [0.3, 0.4) is 0 Å². The Hall–Kier alpha value is -0.480. The van der Waals surface area contributed by atoms with Crippen molar-refractivity contribution in [3.05, 3.63) is 11.6 Å². The molecule has 2 nitrogen and oxygen atoms in total. The summed E-state index contributed by atoms with van der Waals surface area (Å²) in [5.74, 6) is -2.62. The van der Waals surface area contributed by atoms with E-state index in [4.69, 9.17) is 0 Å². The molecule has 1 heterocycles. The molecule has 82 valence electrons. The Morgan fingerprint density at radius 3 is 2.79 bits per heavy atom. The number of hydrogen-bond acceptors (Lipinski definition) is 2. The lowest BCUT2D eigenvalue weighted by atomic mass is 10.1. The highest BCUT2D eigenvalue weighted by Crippen LogP contribution is 2.17. The van der Waals surface area contributed by atoms with Crippen LogP contribution in [0.15, 0.2) is 11.6 Å². The summed E-state index contributed by atoms with van der Waals surface area (Å²) in [6.07, 6.45) is 2.94. The van der Waals surface area contributed by atoms with E-state index in [1.807, 2.05) is 13.0 Å². The third kappa shape index (κ3) is 3.72. The normalized spacial score (nSPS) is 19.6. The molecule has 1 aliphatic heterocycles. The van der Waals surface area contributed by atoms with Gasteiger partial charge in [-0.25, -0.2) is 8.78 Å². The Balaban J connectivity index is 2.38. The van der Waals surface area contributed by atoms with E-state index in [0.717, 1.165) is 13.0 Å². The zero-order valence-electron chi connectivity index (χ0n) is 8.82. The smallest absolute Gasteiger partial charge is 0.272 e. The summed E-state index contributed by atoms with van der Waals surface area (Å²) in [7, 11) is 1.55. The molecule has 0 fully saturated rings. The molecule has 1 rings (SSSR count). The first-order valence-corrected chi connectivity index (χ1v) is 4.94. The fourth-order valence-corrected chi connectivity index (χ4v) is 1.60. The summed E-state index contributed by atoms with van der Waals surface area (Å²) in [5, 5.41) is 2.51. The average Bonchev–Trinajstić information content (AvgIpc) is 2.08. The van der Waals surface area contributed by atoms with Gasteiger partial charge in [0.2, 0.25) is 0 Å². The maximum atomic E-state index is 13.2. The maximum absolute atomic E-state index is 13.2. The summed E-state index contributed by atoms with van der Waals surface area (Å²) >= 11 is 0. The average molecular weight is 204 g/mol. The second-order valence-electron chi connectivity index (χ2n) is 3.92. The van der Waals surface area contributed by atoms with Gasteiger partial charge in [-0.15, -0.1) is 0 Å². The SMILES string of the molecule is CNCC(F)(F)CN1CC=C(C)CC1. The van der Waals surface area contributed by atoms with Gasteiger partial charge < -0.3 is 5.32 Å². The Bertz CT molecular complexity index is 214. The highest BCUT2D eigenvalue weighted by atomic mass is 19.3. The van der Waals surface area contributed by atoms with E-state index in [2.05, 4.69) is 5.32 Å². The Labute approximate surface area is 84.0 Å². The first-order valence-electron chi connectivity index (χ1n) is 4.94. The van der Waals surface area contributed by atoms with Gasteiger partial charge in [0.1, 0.15) is 0 Å². The van der Waals surface area contributed by atoms with Gasteiger partial charge in [0.15, 0.2) is 0 Å². The van der Waals surface area contributed by atoms with Gasteiger partial charge in [-0.2, -0.15) is 0 Å². The van der Waals surface area contributed by atoms with Crippen molar-refractivity contribution in [1.82, 2.24) is 10.2 Å². The lowest BCUT2D eigenvalue weighted by Crippen LogP contribution is -2.44. The largest absolute Gasteiger partial charge is 0.314 e. The lowest BCUT2D eigenvalue weighted by molar-refractivity contribution is -0.0273. The number of alkyl halides is 2. The van der Waals surface area contributed by atoms with Crippen molar-refractivity contribution in [2.75, 3.05) is 33.2 Å². The highest BCUT2D eigenvalue weighted by Gasteiger charge is 2.30. The van der Waals surface area contributed by atoms with E-state index in [1.54, 1.807) is 11.9 Å². The van der Waals surface area contributed by atoms with Gasteiger partial charge in [0.25, 0.3) is 5.92 Å². The van der Waals surface area contributed by atoms with Gasteiger partial charge >= 0.3 is 0 Å². The predicted octanol–water partition coefficient (Wildman–Crippen LogP) is 1.49. The van der Waals surface area contributed by atoms with Gasteiger partial charge in [-0.1, -0.05) is 11.6 Å². The summed E-state index contributed by atoms with van der Waals surface area (Å²) in [6, 6.07) is 0. The van der Waals surface area contributed by atoms with Crippen molar-refractivity contribution in [3.63, 3.8) is 0 Å². The molecule has 0 aromatic rings. The van der Waals surface area contributed by atoms with Gasteiger partial charge in [-0.05, 0) is 20.4 Å². The van der Waals surface area contributed by atoms with E-state index in [1.165, 1.54) is 5.57 Å². The molecule has 0 aromatic heterocycles. The van der Waals surface area contributed by atoms with Crippen LogP contribution in [0.4, 0.5) is 8.78 Å². The fraction of sp³-hybridized carbons (Fsp3) is 0.800. The molecule has 14 heavy (non-hydrogen) atoms. The van der Waals surface area contributed by atoms with E-state index in [-0.39, 0.29) is 13.1 Å². The maximum Gasteiger partial charge on any atom is 0.272 e. The predicted molar refractivity (Wildman–Crippen MR) is 53.7 cm³/mol. The van der Waals surface area contributed by atoms with E-state index >= 15 is 0 Å². The zero-order valence-corrected chi connectivity index (χ0v) is 8.82. The Morgan fingerprint density at radius 1 is 1.57 bits per heavy atom. The molecule has 0 bridgehead atoms. The van der Waals surface area contributed by atoms with Crippen LogP contribution in [-0.4, -0.2) is 44.0 Å². The van der Waals surface area contributed by atoms with Crippen LogP contribution in [0.25, 0.3) is 0 Å². The van der Waals surface area contributed by atoms with Crippen molar-refractivity contribution >= 4 is 0 Å². The molecule has 1 aliphatic rings. The lowest BCUT2D eigenvalue weighted by Gasteiger charge is -2.29. The van der Waals surface area contributed by atoms with E-state index in [0.29, 0.717) is 6.54 Å². The standard InChI is InChI=1S/C10H18F2N2/c1-9-3-5-14(6-4-9)8-10(11,12)7-13-2/h3,13H,4-8H2,1-2H3. The quantitative estimate of drug-likeness (QED) is 0.698. The van der Waals surface area contributed by atoms with Crippen LogP contribution in [0.1, 0.15) is 13.3 Å². The number of nitrogens with zero attached hydrogens (tertiary/aromatic N) is 1. The van der Waals surface area contributed by atoms with Crippen LogP contribution in [0.2, 0.25) is 0 Å². The molecule has 4 heteroatoms. The first kappa shape index (κ1) is 11.6. The molecule has 0 spiro atoms. The fourth-order valence-electron chi connectivity index (χ4n) is 1.60. The van der Waals surface area contributed by atoms with Gasteiger partial charge in [0.05, 0.1) is 13.1 Å². The molecule has 0 radical (unpaired) electrons. The van der Waals surface area contributed by atoms with Gasteiger partial charge in [0, 0.05) is 13.1 Å². The third-order valence-electron chi connectivity index (χ3n) is 2.41.